The van der Waals surface area contributed by atoms with Crippen LogP contribution in [0.1, 0.15) is 23.6 Å². The summed E-state index contributed by atoms with van der Waals surface area (Å²) in [6, 6.07) is 13.7. The number of nitrogens with two attached hydrogens (primary N) is 1. The molecule has 3 amide bonds. The van der Waals surface area contributed by atoms with E-state index in [0.29, 0.717) is 0 Å². The van der Waals surface area contributed by atoms with E-state index in [9.17, 15) is 14.9 Å². The molecule has 2 aromatic rings. The molecule has 0 fully saturated rings. The van der Waals surface area contributed by atoms with Crippen molar-refractivity contribution in [2.45, 2.75) is 23.7 Å². The minimum absolute atomic E-state index is 0.0211. The number of urea groups is 1. The molecule has 0 bridgehead atoms. The molecule has 4 N–H and O–H groups in total. The Balaban J connectivity index is 1.96. The normalized spacial score (nSPS) is 10.9. The lowest BCUT2D eigenvalue weighted by Gasteiger charge is -2.13. The molecule has 0 aliphatic carbocycles. The monoisotopic (exact) mass is 380 g/mol. The van der Waals surface area contributed by atoms with Crippen molar-refractivity contribution in [3.8, 4) is 12.1 Å². The van der Waals surface area contributed by atoms with E-state index in [1.54, 1.807) is 6.92 Å². The van der Waals surface area contributed by atoms with Crippen molar-refractivity contribution in [2.75, 3.05) is 5.73 Å². The molecule has 8 nitrogen and oxygen atoms in total. The first-order valence-electron chi connectivity index (χ1n) is 7.84. The molecule has 0 saturated heterocycles. The first kappa shape index (κ1) is 19.8. The van der Waals surface area contributed by atoms with Crippen LogP contribution in [0.5, 0.6) is 0 Å². The van der Waals surface area contributed by atoms with Gasteiger partial charge in [-0.15, -0.1) is 0 Å². The highest BCUT2D eigenvalue weighted by Crippen LogP contribution is 2.27. The fraction of sp³-hybridized carbons (Fsp3) is 0.167. The van der Waals surface area contributed by atoms with Gasteiger partial charge >= 0.3 is 6.03 Å². The van der Waals surface area contributed by atoms with Crippen molar-refractivity contribution >= 4 is 29.5 Å². The van der Waals surface area contributed by atoms with Crippen LogP contribution in [0, 0.1) is 22.7 Å². The van der Waals surface area contributed by atoms with Gasteiger partial charge in [-0.2, -0.15) is 10.5 Å². The van der Waals surface area contributed by atoms with Gasteiger partial charge < -0.3 is 11.1 Å². The molecule has 0 aliphatic rings. The zero-order valence-corrected chi connectivity index (χ0v) is 15.2. The number of hydrogen-bond donors (Lipinski definition) is 3. The van der Waals surface area contributed by atoms with E-state index in [4.69, 9.17) is 11.0 Å². The van der Waals surface area contributed by atoms with Crippen LogP contribution in [-0.4, -0.2) is 22.2 Å². The number of nitrogens with one attached hydrogen (secondary N) is 2. The summed E-state index contributed by atoms with van der Waals surface area (Å²) in [5, 5.41) is 22.5. The summed E-state index contributed by atoms with van der Waals surface area (Å²) in [4.78, 5) is 28.1. The first-order valence-corrected chi connectivity index (χ1v) is 8.72. The smallest absolute Gasteiger partial charge is 0.321 e. The lowest BCUT2D eigenvalue weighted by atomic mass is 10.2. The molecule has 1 aromatic heterocycles. The van der Waals surface area contributed by atoms with Crippen molar-refractivity contribution in [3.63, 3.8) is 0 Å². The highest BCUT2D eigenvalue weighted by molar-refractivity contribution is 8.00. The number of amides is 3. The Labute approximate surface area is 160 Å². The number of hydrogen-bond acceptors (Lipinski definition) is 7. The first-order chi connectivity index (χ1) is 12.9. The molecule has 136 valence electrons. The molecule has 1 aromatic carbocycles. The van der Waals surface area contributed by atoms with Crippen molar-refractivity contribution in [2.24, 2.45) is 0 Å². The molecule has 27 heavy (non-hydrogen) atoms. The molecule has 2 rings (SSSR count). The topological polar surface area (TPSA) is 145 Å². The van der Waals surface area contributed by atoms with Crippen molar-refractivity contribution < 1.29 is 9.59 Å². The molecule has 0 spiro atoms. The zero-order chi connectivity index (χ0) is 19.8. The molecular formula is C18H16N6O2S. The zero-order valence-electron chi connectivity index (χ0n) is 14.4. The third kappa shape index (κ3) is 5.46. The third-order valence-corrected chi connectivity index (χ3v) is 4.55. The Hall–Kier alpha value is -3.56. The van der Waals surface area contributed by atoms with Gasteiger partial charge in [0.25, 0.3) is 0 Å². The molecule has 0 radical (unpaired) electrons. The van der Waals surface area contributed by atoms with Gasteiger partial charge in [0.1, 0.15) is 23.0 Å². The second-order valence-corrected chi connectivity index (χ2v) is 6.74. The van der Waals surface area contributed by atoms with E-state index in [2.05, 4.69) is 15.6 Å². The number of carbonyl (C=O) groups is 2. The largest absolute Gasteiger partial charge is 0.383 e. The van der Waals surface area contributed by atoms with Crippen LogP contribution in [0.25, 0.3) is 0 Å². The lowest BCUT2D eigenvalue weighted by Crippen LogP contribution is -2.42. The Morgan fingerprint density at radius 2 is 1.89 bits per heavy atom. The van der Waals surface area contributed by atoms with E-state index in [-0.39, 0.29) is 28.5 Å². The van der Waals surface area contributed by atoms with Gasteiger partial charge in [-0.25, -0.2) is 9.78 Å². The maximum absolute atomic E-state index is 12.2. The predicted molar refractivity (Wildman–Crippen MR) is 100 cm³/mol. The van der Waals surface area contributed by atoms with Crippen LogP contribution in [-0.2, 0) is 11.3 Å². The summed E-state index contributed by atoms with van der Waals surface area (Å²) in [5.41, 5.74) is 6.79. The maximum Gasteiger partial charge on any atom is 0.321 e. The van der Waals surface area contributed by atoms with E-state index < -0.39 is 17.2 Å². The van der Waals surface area contributed by atoms with Crippen LogP contribution < -0.4 is 16.4 Å². The van der Waals surface area contributed by atoms with E-state index in [0.717, 1.165) is 17.3 Å². The summed E-state index contributed by atoms with van der Waals surface area (Å²) >= 11 is 0.978. The number of thioether (sulfide) groups is 1. The lowest BCUT2D eigenvalue weighted by molar-refractivity contribution is -0.119. The van der Waals surface area contributed by atoms with Crippen LogP contribution in [0.15, 0.2) is 41.4 Å². The number of carbonyl (C=O) groups excluding carboxylic acids is 2. The standard InChI is InChI=1S/C18H16N6O2S/c1-11(27-17-14(9-20)7-13(8-19)15(21)23-17)16(25)24-18(26)22-10-12-5-3-2-4-6-12/h2-7,11H,10H2,1H3,(H2,21,23)(H2,22,24,25,26)/t11-/m0/s1. The molecule has 0 saturated carbocycles. The number of nitrogen functional groups attached to an aromatic ring is 1. The number of anilines is 1. The number of nitriles is 2. The minimum Gasteiger partial charge on any atom is -0.383 e. The Morgan fingerprint density at radius 3 is 2.52 bits per heavy atom. The van der Waals surface area contributed by atoms with Crippen LogP contribution in [0.2, 0.25) is 0 Å². The second-order valence-electron chi connectivity index (χ2n) is 5.42. The second kappa shape index (κ2) is 9.22. The van der Waals surface area contributed by atoms with Gasteiger partial charge in [-0.3, -0.25) is 10.1 Å². The van der Waals surface area contributed by atoms with E-state index in [1.165, 1.54) is 6.07 Å². The molecule has 1 atom stereocenters. The van der Waals surface area contributed by atoms with Gasteiger partial charge in [-0.05, 0) is 18.6 Å². The third-order valence-electron chi connectivity index (χ3n) is 3.45. The summed E-state index contributed by atoms with van der Waals surface area (Å²) in [6.07, 6.45) is 0. The predicted octanol–water partition coefficient (Wildman–Crippen LogP) is 1.91. The number of benzene rings is 1. The summed E-state index contributed by atoms with van der Waals surface area (Å²) in [7, 11) is 0. The van der Waals surface area contributed by atoms with E-state index >= 15 is 0 Å². The highest BCUT2D eigenvalue weighted by atomic mass is 32.2. The number of aromatic nitrogens is 1. The van der Waals surface area contributed by atoms with Gasteiger partial charge in [0.2, 0.25) is 5.91 Å². The summed E-state index contributed by atoms with van der Waals surface area (Å²) in [5.74, 6) is -0.564. The van der Waals surface area contributed by atoms with Gasteiger partial charge in [-0.1, -0.05) is 42.1 Å². The molecule has 0 unspecified atom stereocenters. The van der Waals surface area contributed by atoms with Crippen molar-refractivity contribution in [1.29, 1.82) is 10.5 Å². The average Bonchev–Trinajstić information content (AvgIpc) is 2.67. The highest BCUT2D eigenvalue weighted by Gasteiger charge is 2.20. The Kier molecular flexibility index (Phi) is 6.75. The fourth-order valence-corrected chi connectivity index (χ4v) is 2.91. The van der Waals surface area contributed by atoms with Crippen molar-refractivity contribution in [1.82, 2.24) is 15.6 Å². The Morgan fingerprint density at radius 1 is 1.22 bits per heavy atom. The maximum atomic E-state index is 12.2. The quantitative estimate of drug-likeness (QED) is 0.672. The van der Waals surface area contributed by atoms with Gasteiger partial charge in [0.15, 0.2) is 0 Å². The SMILES string of the molecule is C[C@H](Sc1nc(N)c(C#N)cc1C#N)C(=O)NC(=O)NCc1ccccc1. The van der Waals surface area contributed by atoms with Gasteiger partial charge in [0.05, 0.1) is 16.4 Å². The molecule has 9 heteroatoms. The molecule has 1 heterocycles. The fourth-order valence-electron chi connectivity index (χ4n) is 2.03. The van der Waals surface area contributed by atoms with Gasteiger partial charge in [0, 0.05) is 6.54 Å². The summed E-state index contributed by atoms with van der Waals surface area (Å²) < 4.78 is 0. The van der Waals surface area contributed by atoms with Crippen LogP contribution >= 0.6 is 11.8 Å². The number of nitrogens with zero attached hydrogens (tertiary/aromatic N) is 3. The van der Waals surface area contributed by atoms with Crippen LogP contribution in [0.4, 0.5) is 10.6 Å². The summed E-state index contributed by atoms with van der Waals surface area (Å²) in [6.45, 7) is 1.86. The molecular weight excluding hydrogens is 364 g/mol. The number of pyridine rings is 1. The molecule has 0 aliphatic heterocycles. The Bertz CT molecular complexity index is 933. The number of imide groups is 1. The van der Waals surface area contributed by atoms with E-state index in [1.807, 2.05) is 42.5 Å². The average molecular weight is 380 g/mol. The minimum atomic E-state index is -0.709. The van der Waals surface area contributed by atoms with Crippen molar-refractivity contribution in [3.05, 3.63) is 53.1 Å². The van der Waals surface area contributed by atoms with Crippen LogP contribution in [0.3, 0.4) is 0 Å². The number of rotatable bonds is 5.